The van der Waals surface area contributed by atoms with Crippen LogP contribution in [0.2, 0.25) is 4.34 Å². The quantitative estimate of drug-likeness (QED) is 0.617. The summed E-state index contributed by atoms with van der Waals surface area (Å²) in [5.41, 5.74) is 0.0856. The Morgan fingerprint density at radius 1 is 1.29 bits per heavy atom. The molecule has 2 aromatic rings. The van der Waals surface area contributed by atoms with E-state index in [1.807, 2.05) is 13.0 Å². The standard InChI is InChI=1S/C15H15BrClF2NS/c1-2-7-20-12(13-5-6-14(17)21-13)8-9-11(18)4-3-10(16)15(9)19/h3-6,12,20H,2,7-8H2,1H3. The van der Waals surface area contributed by atoms with Crippen LogP contribution in [0.15, 0.2) is 28.7 Å². The number of rotatable bonds is 6. The number of nitrogens with one attached hydrogen (secondary N) is 1. The van der Waals surface area contributed by atoms with E-state index in [4.69, 9.17) is 11.6 Å². The van der Waals surface area contributed by atoms with Crippen LogP contribution in [0.3, 0.4) is 0 Å². The summed E-state index contributed by atoms with van der Waals surface area (Å²) in [6.07, 6.45) is 1.19. The highest BCUT2D eigenvalue weighted by Gasteiger charge is 2.20. The molecule has 0 radical (unpaired) electrons. The first-order chi connectivity index (χ1) is 10.0. The number of hydrogen-bond acceptors (Lipinski definition) is 2. The van der Waals surface area contributed by atoms with E-state index in [1.54, 1.807) is 6.07 Å². The first kappa shape index (κ1) is 16.9. The minimum Gasteiger partial charge on any atom is -0.309 e. The summed E-state index contributed by atoms with van der Waals surface area (Å²) in [7, 11) is 0. The van der Waals surface area contributed by atoms with Crippen LogP contribution in [0.4, 0.5) is 8.78 Å². The Bertz CT molecular complexity index is 618. The zero-order chi connectivity index (χ0) is 15.4. The van der Waals surface area contributed by atoms with Crippen molar-refractivity contribution in [3.05, 3.63) is 55.1 Å². The molecule has 1 aromatic heterocycles. The van der Waals surface area contributed by atoms with Gasteiger partial charge in [0.1, 0.15) is 11.6 Å². The zero-order valence-electron chi connectivity index (χ0n) is 11.4. The van der Waals surface area contributed by atoms with Gasteiger partial charge in [-0.05, 0) is 59.6 Å². The second kappa shape index (κ2) is 7.68. The van der Waals surface area contributed by atoms with E-state index in [9.17, 15) is 8.78 Å². The van der Waals surface area contributed by atoms with Gasteiger partial charge in [-0.25, -0.2) is 8.78 Å². The van der Waals surface area contributed by atoms with Crippen molar-refractivity contribution in [3.8, 4) is 0 Å². The molecule has 2 rings (SSSR count). The lowest BCUT2D eigenvalue weighted by atomic mass is 10.0. The maximum absolute atomic E-state index is 14.1. The average Bonchev–Trinajstić information content (AvgIpc) is 2.89. The van der Waals surface area contributed by atoms with Gasteiger partial charge in [0.2, 0.25) is 0 Å². The van der Waals surface area contributed by atoms with E-state index in [0.29, 0.717) is 4.34 Å². The lowest BCUT2D eigenvalue weighted by molar-refractivity contribution is 0.492. The van der Waals surface area contributed by atoms with Crippen molar-refractivity contribution in [3.63, 3.8) is 0 Å². The van der Waals surface area contributed by atoms with Crippen LogP contribution >= 0.6 is 38.9 Å². The summed E-state index contributed by atoms with van der Waals surface area (Å²) < 4.78 is 29.0. The molecule has 0 fully saturated rings. The molecule has 21 heavy (non-hydrogen) atoms. The summed E-state index contributed by atoms with van der Waals surface area (Å²) in [6, 6.07) is 6.20. The predicted molar refractivity (Wildman–Crippen MR) is 88.1 cm³/mol. The van der Waals surface area contributed by atoms with Crippen LogP contribution in [-0.2, 0) is 6.42 Å². The normalized spacial score (nSPS) is 12.6. The SMILES string of the molecule is CCCNC(Cc1c(F)ccc(Br)c1F)c1ccc(Cl)s1. The van der Waals surface area contributed by atoms with Crippen LogP contribution < -0.4 is 5.32 Å². The molecule has 0 aliphatic rings. The number of hydrogen-bond donors (Lipinski definition) is 1. The minimum absolute atomic E-state index is 0.0856. The Morgan fingerprint density at radius 3 is 2.67 bits per heavy atom. The molecule has 1 heterocycles. The first-order valence-corrected chi connectivity index (χ1v) is 8.62. The van der Waals surface area contributed by atoms with Crippen molar-refractivity contribution >= 4 is 38.9 Å². The van der Waals surface area contributed by atoms with Gasteiger partial charge in [-0.3, -0.25) is 0 Å². The third-order valence-corrected chi connectivity index (χ3v) is 5.08. The molecule has 1 unspecified atom stereocenters. The molecule has 1 N–H and O–H groups in total. The molecule has 1 atom stereocenters. The largest absolute Gasteiger partial charge is 0.309 e. The van der Waals surface area contributed by atoms with E-state index in [0.717, 1.165) is 17.8 Å². The monoisotopic (exact) mass is 393 g/mol. The molecule has 0 aliphatic heterocycles. The first-order valence-electron chi connectivity index (χ1n) is 6.64. The highest BCUT2D eigenvalue weighted by Crippen LogP contribution is 2.31. The Labute approximate surface area is 140 Å². The highest BCUT2D eigenvalue weighted by molar-refractivity contribution is 9.10. The summed E-state index contributed by atoms with van der Waals surface area (Å²) in [5.74, 6) is -1.07. The Balaban J connectivity index is 2.29. The smallest absolute Gasteiger partial charge is 0.143 e. The van der Waals surface area contributed by atoms with Gasteiger partial charge in [-0.15, -0.1) is 11.3 Å². The fourth-order valence-electron chi connectivity index (χ4n) is 2.07. The van der Waals surface area contributed by atoms with Crippen LogP contribution in [0.1, 0.15) is 29.8 Å². The molecule has 114 valence electrons. The van der Waals surface area contributed by atoms with Gasteiger partial charge in [0.25, 0.3) is 0 Å². The van der Waals surface area contributed by atoms with Gasteiger partial charge in [0, 0.05) is 16.5 Å². The molecule has 1 nitrogen and oxygen atoms in total. The van der Waals surface area contributed by atoms with Gasteiger partial charge in [0.05, 0.1) is 8.81 Å². The third kappa shape index (κ3) is 4.25. The minimum atomic E-state index is -0.541. The van der Waals surface area contributed by atoms with E-state index >= 15 is 0 Å². The number of thiophene rings is 1. The fraction of sp³-hybridized carbons (Fsp3) is 0.333. The van der Waals surface area contributed by atoms with Gasteiger partial charge in [-0.1, -0.05) is 18.5 Å². The summed E-state index contributed by atoms with van der Waals surface area (Å²) in [4.78, 5) is 0.979. The number of halogens is 4. The van der Waals surface area contributed by atoms with Crippen molar-refractivity contribution < 1.29 is 8.78 Å². The summed E-state index contributed by atoms with van der Waals surface area (Å²) in [5, 5.41) is 3.32. The summed E-state index contributed by atoms with van der Waals surface area (Å²) in [6.45, 7) is 2.82. The molecule has 6 heteroatoms. The van der Waals surface area contributed by atoms with Gasteiger partial charge < -0.3 is 5.32 Å². The topological polar surface area (TPSA) is 12.0 Å². The van der Waals surface area contributed by atoms with E-state index < -0.39 is 11.6 Å². The summed E-state index contributed by atoms with van der Waals surface area (Å²) >= 11 is 10.5. The molecule has 0 spiro atoms. The van der Waals surface area contributed by atoms with E-state index in [1.165, 1.54) is 23.5 Å². The Morgan fingerprint density at radius 2 is 2.05 bits per heavy atom. The van der Waals surface area contributed by atoms with Crippen LogP contribution in [-0.4, -0.2) is 6.54 Å². The lowest BCUT2D eigenvalue weighted by Crippen LogP contribution is -2.24. The van der Waals surface area contributed by atoms with Crippen LogP contribution in [0.25, 0.3) is 0 Å². The molecule has 1 aromatic carbocycles. The molecule has 0 amide bonds. The Hall–Kier alpha value is -0.490. The Kier molecular flexibility index (Phi) is 6.17. The van der Waals surface area contributed by atoms with Crippen LogP contribution in [0.5, 0.6) is 0 Å². The third-order valence-electron chi connectivity index (χ3n) is 3.13. The van der Waals surface area contributed by atoms with Crippen molar-refractivity contribution in [2.75, 3.05) is 6.54 Å². The van der Waals surface area contributed by atoms with Gasteiger partial charge in [-0.2, -0.15) is 0 Å². The number of benzene rings is 1. The average molecular weight is 395 g/mol. The maximum Gasteiger partial charge on any atom is 0.143 e. The van der Waals surface area contributed by atoms with Crippen molar-refractivity contribution in [2.24, 2.45) is 0 Å². The molecule has 0 saturated heterocycles. The molecule has 0 saturated carbocycles. The molecular formula is C15H15BrClF2NS. The second-order valence-electron chi connectivity index (χ2n) is 4.67. The second-order valence-corrected chi connectivity index (χ2v) is 7.28. The predicted octanol–water partition coefficient (Wildman–Crippen LogP) is 5.73. The van der Waals surface area contributed by atoms with E-state index in [2.05, 4.69) is 21.2 Å². The van der Waals surface area contributed by atoms with Gasteiger partial charge >= 0.3 is 0 Å². The van der Waals surface area contributed by atoms with Crippen molar-refractivity contribution in [1.82, 2.24) is 5.32 Å². The lowest BCUT2D eigenvalue weighted by Gasteiger charge is -2.18. The highest BCUT2D eigenvalue weighted by atomic mass is 79.9. The molecule has 0 bridgehead atoms. The van der Waals surface area contributed by atoms with Crippen molar-refractivity contribution in [2.45, 2.75) is 25.8 Å². The zero-order valence-corrected chi connectivity index (χ0v) is 14.6. The van der Waals surface area contributed by atoms with E-state index in [-0.39, 0.29) is 22.5 Å². The van der Waals surface area contributed by atoms with Crippen molar-refractivity contribution in [1.29, 1.82) is 0 Å². The molecular weight excluding hydrogens is 380 g/mol. The van der Waals surface area contributed by atoms with Gasteiger partial charge in [0.15, 0.2) is 0 Å². The molecule has 0 aliphatic carbocycles. The fourth-order valence-corrected chi connectivity index (χ4v) is 3.58. The maximum atomic E-state index is 14.1. The van der Waals surface area contributed by atoms with Crippen LogP contribution in [0, 0.1) is 11.6 Å².